The first-order chi connectivity index (χ1) is 10.2. The highest BCUT2D eigenvalue weighted by Gasteiger charge is 2.03. The van der Waals surface area contributed by atoms with Gasteiger partial charge < -0.3 is 9.47 Å². The largest absolute Gasteiger partial charge is 0.490 e. The molecule has 2 rings (SSSR count). The Hall–Kier alpha value is -2.18. The normalized spacial score (nSPS) is 9.95. The molecular formula is C17H16ClNO2. The number of para-hydroxylation sites is 1. The monoisotopic (exact) mass is 301 g/mol. The molecule has 0 amide bonds. The van der Waals surface area contributed by atoms with Crippen molar-refractivity contribution >= 4 is 11.6 Å². The highest BCUT2D eigenvalue weighted by Crippen LogP contribution is 2.22. The molecule has 3 nitrogen and oxygen atoms in total. The summed E-state index contributed by atoms with van der Waals surface area (Å²) < 4.78 is 11.2. The maximum Gasteiger partial charge on any atom is 0.137 e. The van der Waals surface area contributed by atoms with Crippen LogP contribution < -0.4 is 9.47 Å². The van der Waals surface area contributed by atoms with Crippen molar-refractivity contribution in [3.05, 3.63) is 58.6 Å². The summed E-state index contributed by atoms with van der Waals surface area (Å²) in [5, 5.41) is 9.72. The topological polar surface area (TPSA) is 42.2 Å². The summed E-state index contributed by atoms with van der Waals surface area (Å²) >= 11 is 6.06. The number of nitrogens with zero attached hydrogens (tertiary/aromatic N) is 1. The van der Waals surface area contributed by atoms with E-state index >= 15 is 0 Å². The average Bonchev–Trinajstić information content (AvgIpc) is 2.53. The van der Waals surface area contributed by atoms with E-state index in [0.717, 1.165) is 22.8 Å². The number of halogens is 1. The molecule has 2 aromatic rings. The summed E-state index contributed by atoms with van der Waals surface area (Å²) in [6.07, 6.45) is 0.863. The minimum Gasteiger partial charge on any atom is -0.490 e. The number of nitriles is 1. The van der Waals surface area contributed by atoms with Gasteiger partial charge in [0.1, 0.15) is 30.8 Å². The molecule has 0 bridgehead atoms. The van der Waals surface area contributed by atoms with Gasteiger partial charge in [-0.2, -0.15) is 5.26 Å². The summed E-state index contributed by atoms with van der Waals surface area (Å²) in [6.45, 7) is 2.83. The molecular weight excluding hydrogens is 286 g/mol. The number of rotatable bonds is 6. The Morgan fingerprint density at radius 3 is 2.62 bits per heavy atom. The predicted octanol–water partition coefficient (Wildman–Crippen LogP) is 4.23. The van der Waals surface area contributed by atoms with Gasteiger partial charge in [0.25, 0.3) is 0 Å². The first-order valence-electron chi connectivity index (χ1n) is 6.77. The van der Waals surface area contributed by atoms with E-state index in [0.29, 0.717) is 24.5 Å². The molecule has 0 N–H and O–H groups in total. The van der Waals surface area contributed by atoms with Crippen LogP contribution in [-0.2, 0) is 6.42 Å². The molecule has 0 aliphatic heterocycles. The molecule has 2 aromatic carbocycles. The van der Waals surface area contributed by atoms with Crippen LogP contribution in [0.1, 0.15) is 18.1 Å². The van der Waals surface area contributed by atoms with Gasteiger partial charge in [-0.1, -0.05) is 30.7 Å². The maximum atomic E-state index is 8.96. The number of hydrogen-bond donors (Lipinski definition) is 0. The number of aryl methyl sites for hydroxylation is 1. The third-order valence-electron chi connectivity index (χ3n) is 3.02. The van der Waals surface area contributed by atoms with Crippen molar-refractivity contribution in [2.45, 2.75) is 13.3 Å². The zero-order valence-corrected chi connectivity index (χ0v) is 12.6. The minimum absolute atomic E-state index is 0.378. The van der Waals surface area contributed by atoms with Crippen LogP contribution in [0.5, 0.6) is 11.5 Å². The summed E-state index contributed by atoms with van der Waals surface area (Å²) in [5.41, 5.74) is 1.59. The zero-order valence-electron chi connectivity index (χ0n) is 11.8. The Balaban J connectivity index is 1.86. The fraction of sp³-hybridized carbons (Fsp3) is 0.235. The Morgan fingerprint density at radius 1 is 1.10 bits per heavy atom. The molecule has 0 fully saturated rings. The van der Waals surface area contributed by atoms with Crippen LogP contribution in [0.2, 0.25) is 5.02 Å². The first-order valence-corrected chi connectivity index (χ1v) is 7.15. The lowest BCUT2D eigenvalue weighted by Crippen LogP contribution is -2.09. The fourth-order valence-corrected chi connectivity index (χ4v) is 2.16. The van der Waals surface area contributed by atoms with E-state index < -0.39 is 0 Å². The third kappa shape index (κ3) is 4.14. The lowest BCUT2D eigenvalue weighted by Gasteiger charge is -2.10. The molecule has 0 heterocycles. The second-order valence-corrected chi connectivity index (χ2v) is 4.82. The summed E-state index contributed by atoms with van der Waals surface area (Å²) in [7, 11) is 0. The molecule has 0 spiro atoms. The summed E-state index contributed by atoms with van der Waals surface area (Å²) in [5.74, 6) is 1.35. The quantitative estimate of drug-likeness (QED) is 0.750. The van der Waals surface area contributed by atoms with Gasteiger partial charge in [-0.15, -0.1) is 0 Å². The van der Waals surface area contributed by atoms with E-state index in [1.54, 1.807) is 12.1 Å². The van der Waals surface area contributed by atoms with Gasteiger partial charge in [-0.25, -0.2) is 0 Å². The highest BCUT2D eigenvalue weighted by molar-refractivity contribution is 6.31. The molecule has 4 heteroatoms. The summed E-state index contributed by atoms with van der Waals surface area (Å²) in [6, 6.07) is 14.8. The van der Waals surface area contributed by atoms with Gasteiger partial charge in [-0.05, 0) is 42.3 Å². The van der Waals surface area contributed by atoms with Crippen molar-refractivity contribution in [3.8, 4) is 17.6 Å². The third-order valence-corrected chi connectivity index (χ3v) is 3.38. The van der Waals surface area contributed by atoms with Crippen LogP contribution in [0.4, 0.5) is 0 Å². The van der Waals surface area contributed by atoms with E-state index in [2.05, 4.69) is 6.07 Å². The van der Waals surface area contributed by atoms with E-state index in [-0.39, 0.29) is 0 Å². The SMILES string of the molecule is CCc1cc(OCCOc2ccccc2C#N)ccc1Cl. The van der Waals surface area contributed by atoms with Crippen molar-refractivity contribution in [2.75, 3.05) is 13.2 Å². The Labute approximate surface area is 129 Å². The van der Waals surface area contributed by atoms with Gasteiger partial charge >= 0.3 is 0 Å². The first kappa shape index (κ1) is 15.2. The maximum absolute atomic E-state index is 8.96. The number of benzene rings is 2. The predicted molar refractivity (Wildman–Crippen MR) is 83.0 cm³/mol. The molecule has 0 saturated heterocycles. The van der Waals surface area contributed by atoms with Crippen LogP contribution in [0.25, 0.3) is 0 Å². The Kier molecular flexibility index (Phi) is 5.48. The minimum atomic E-state index is 0.378. The van der Waals surface area contributed by atoms with E-state index in [4.69, 9.17) is 26.3 Å². The molecule has 21 heavy (non-hydrogen) atoms. The number of ether oxygens (including phenoxy) is 2. The molecule has 108 valence electrons. The molecule has 0 unspecified atom stereocenters. The van der Waals surface area contributed by atoms with Gasteiger partial charge in [0.2, 0.25) is 0 Å². The zero-order chi connectivity index (χ0) is 15.1. The summed E-state index contributed by atoms with van der Waals surface area (Å²) in [4.78, 5) is 0. The number of hydrogen-bond acceptors (Lipinski definition) is 3. The average molecular weight is 302 g/mol. The van der Waals surface area contributed by atoms with Crippen LogP contribution in [-0.4, -0.2) is 13.2 Å². The van der Waals surface area contributed by atoms with Crippen LogP contribution >= 0.6 is 11.6 Å². The fourth-order valence-electron chi connectivity index (χ4n) is 1.91. The Morgan fingerprint density at radius 2 is 1.86 bits per heavy atom. The van der Waals surface area contributed by atoms with Gasteiger partial charge in [0.15, 0.2) is 0 Å². The highest BCUT2D eigenvalue weighted by atomic mass is 35.5. The van der Waals surface area contributed by atoms with Gasteiger partial charge in [-0.3, -0.25) is 0 Å². The second-order valence-electron chi connectivity index (χ2n) is 4.41. The van der Waals surface area contributed by atoms with Crippen molar-refractivity contribution < 1.29 is 9.47 Å². The lowest BCUT2D eigenvalue weighted by atomic mass is 10.1. The van der Waals surface area contributed by atoms with E-state index in [1.807, 2.05) is 37.3 Å². The van der Waals surface area contributed by atoms with E-state index in [1.165, 1.54) is 0 Å². The Bertz CT molecular complexity index is 649. The van der Waals surface area contributed by atoms with Crippen molar-refractivity contribution in [1.82, 2.24) is 0 Å². The molecule has 0 aliphatic rings. The smallest absolute Gasteiger partial charge is 0.137 e. The lowest BCUT2D eigenvalue weighted by molar-refractivity contribution is 0.216. The molecule has 0 atom stereocenters. The molecule has 0 aliphatic carbocycles. The van der Waals surface area contributed by atoms with Crippen LogP contribution in [0.3, 0.4) is 0 Å². The van der Waals surface area contributed by atoms with Crippen LogP contribution in [0, 0.1) is 11.3 Å². The van der Waals surface area contributed by atoms with Crippen molar-refractivity contribution in [3.63, 3.8) is 0 Å². The van der Waals surface area contributed by atoms with Gasteiger partial charge in [0, 0.05) is 5.02 Å². The van der Waals surface area contributed by atoms with Crippen molar-refractivity contribution in [1.29, 1.82) is 5.26 Å². The molecule has 0 saturated carbocycles. The van der Waals surface area contributed by atoms with Crippen molar-refractivity contribution in [2.24, 2.45) is 0 Å². The van der Waals surface area contributed by atoms with Crippen LogP contribution in [0.15, 0.2) is 42.5 Å². The molecule has 0 aromatic heterocycles. The van der Waals surface area contributed by atoms with Gasteiger partial charge in [0.05, 0.1) is 5.56 Å². The second kappa shape index (κ2) is 7.56. The molecule has 0 radical (unpaired) electrons. The van der Waals surface area contributed by atoms with E-state index in [9.17, 15) is 0 Å². The standard InChI is InChI=1S/C17H16ClNO2/c1-2-13-11-15(7-8-16(13)18)20-9-10-21-17-6-4-3-5-14(17)12-19/h3-8,11H,2,9-10H2,1H3.